The minimum Gasteiger partial charge on any atom is -0.395 e. The molecule has 0 fully saturated rings. The number of rotatable bonds is 5. The molecule has 0 aliphatic rings. The van der Waals surface area contributed by atoms with Crippen LogP contribution in [0.25, 0.3) is 0 Å². The molecule has 84 valence electrons. The van der Waals surface area contributed by atoms with Gasteiger partial charge in [0, 0.05) is 18.8 Å². The summed E-state index contributed by atoms with van der Waals surface area (Å²) in [5.41, 5.74) is 2.24. The van der Waals surface area contributed by atoms with Gasteiger partial charge in [0.05, 0.1) is 12.3 Å². The van der Waals surface area contributed by atoms with E-state index in [1.807, 2.05) is 19.1 Å². The van der Waals surface area contributed by atoms with Crippen LogP contribution >= 0.6 is 0 Å². The highest BCUT2D eigenvalue weighted by Crippen LogP contribution is 2.05. The summed E-state index contributed by atoms with van der Waals surface area (Å²) >= 11 is 0. The molecule has 0 bridgehead atoms. The molecule has 1 aromatic rings. The Morgan fingerprint density at radius 2 is 2.20 bits per heavy atom. The van der Waals surface area contributed by atoms with Gasteiger partial charge in [-0.1, -0.05) is 19.9 Å². The second-order valence-corrected chi connectivity index (χ2v) is 4.18. The van der Waals surface area contributed by atoms with Crippen molar-refractivity contribution in [3.63, 3.8) is 0 Å². The maximum atomic E-state index is 9.16. The highest BCUT2D eigenvalue weighted by Gasteiger charge is 2.11. The number of aliphatic hydroxyl groups is 1. The Balaban J connectivity index is 2.53. The molecule has 0 amide bonds. The molecule has 3 heteroatoms. The highest BCUT2D eigenvalue weighted by atomic mass is 16.3. The molecule has 15 heavy (non-hydrogen) atoms. The van der Waals surface area contributed by atoms with Gasteiger partial charge in [0.15, 0.2) is 0 Å². The van der Waals surface area contributed by atoms with E-state index in [0.717, 1.165) is 12.2 Å². The van der Waals surface area contributed by atoms with E-state index < -0.39 is 0 Å². The molecule has 1 atom stereocenters. The van der Waals surface area contributed by atoms with E-state index in [0.29, 0.717) is 5.92 Å². The molecule has 0 spiro atoms. The van der Waals surface area contributed by atoms with Gasteiger partial charge in [-0.05, 0) is 24.5 Å². The van der Waals surface area contributed by atoms with Crippen LogP contribution in [-0.4, -0.2) is 22.7 Å². The Morgan fingerprint density at radius 1 is 1.47 bits per heavy atom. The first kappa shape index (κ1) is 12.1. The topological polar surface area (TPSA) is 45.2 Å². The van der Waals surface area contributed by atoms with Crippen LogP contribution < -0.4 is 5.32 Å². The first-order chi connectivity index (χ1) is 7.15. The summed E-state index contributed by atoms with van der Waals surface area (Å²) in [5, 5.41) is 12.5. The second kappa shape index (κ2) is 5.83. The Kier molecular flexibility index (Phi) is 4.72. The van der Waals surface area contributed by atoms with Gasteiger partial charge in [0.1, 0.15) is 0 Å². The van der Waals surface area contributed by atoms with E-state index in [-0.39, 0.29) is 12.6 Å². The third-order valence-corrected chi connectivity index (χ3v) is 2.65. The number of aryl methyl sites for hydroxylation is 1. The van der Waals surface area contributed by atoms with E-state index in [4.69, 9.17) is 5.11 Å². The third kappa shape index (κ3) is 3.61. The third-order valence-electron chi connectivity index (χ3n) is 2.65. The highest BCUT2D eigenvalue weighted by molar-refractivity contribution is 5.17. The average Bonchev–Trinajstić information content (AvgIpc) is 2.21. The normalized spacial score (nSPS) is 13.1. The lowest BCUT2D eigenvalue weighted by Crippen LogP contribution is -2.36. The van der Waals surface area contributed by atoms with Gasteiger partial charge in [-0.2, -0.15) is 0 Å². The van der Waals surface area contributed by atoms with Crippen LogP contribution in [0.2, 0.25) is 0 Å². The van der Waals surface area contributed by atoms with Crippen LogP contribution in [0.5, 0.6) is 0 Å². The standard InChI is InChI=1S/C12H20N2O/c1-9(2)12(8-15)14-7-11-10(3)5-4-6-13-11/h4-6,9,12,14-15H,7-8H2,1-3H3/t12-/m1/s1. The molecule has 0 saturated carbocycles. The van der Waals surface area contributed by atoms with Gasteiger partial charge in [-0.25, -0.2) is 0 Å². The molecule has 1 aromatic heterocycles. The number of nitrogens with zero attached hydrogens (tertiary/aromatic N) is 1. The maximum Gasteiger partial charge on any atom is 0.0587 e. The summed E-state index contributed by atoms with van der Waals surface area (Å²) in [5.74, 6) is 0.430. The smallest absolute Gasteiger partial charge is 0.0587 e. The van der Waals surface area contributed by atoms with Gasteiger partial charge >= 0.3 is 0 Å². The Labute approximate surface area is 91.5 Å². The predicted octanol–water partition coefficient (Wildman–Crippen LogP) is 1.50. The van der Waals surface area contributed by atoms with E-state index in [9.17, 15) is 0 Å². The summed E-state index contributed by atoms with van der Waals surface area (Å²) in [6.07, 6.45) is 1.80. The zero-order valence-electron chi connectivity index (χ0n) is 9.70. The van der Waals surface area contributed by atoms with Crippen molar-refractivity contribution in [2.45, 2.75) is 33.4 Å². The molecule has 0 aliphatic carbocycles. The summed E-state index contributed by atoms with van der Waals surface area (Å²) < 4.78 is 0. The van der Waals surface area contributed by atoms with Gasteiger partial charge in [-0.15, -0.1) is 0 Å². The lowest BCUT2D eigenvalue weighted by atomic mass is 10.1. The van der Waals surface area contributed by atoms with Gasteiger partial charge in [0.25, 0.3) is 0 Å². The first-order valence-corrected chi connectivity index (χ1v) is 5.40. The zero-order chi connectivity index (χ0) is 11.3. The van der Waals surface area contributed by atoms with Crippen LogP contribution in [0.15, 0.2) is 18.3 Å². The van der Waals surface area contributed by atoms with Crippen molar-refractivity contribution < 1.29 is 5.11 Å². The molecule has 1 heterocycles. The molecule has 0 aliphatic heterocycles. The van der Waals surface area contributed by atoms with Gasteiger partial charge < -0.3 is 10.4 Å². The summed E-state index contributed by atoms with van der Waals surface area (Å²) in [6, 6.07) is 4.13. The first-order valence-electron chi connectivity index (χ1n) is 5.40. The lowest BCUT2D eigenvalue weighted by Gasteiger charge is -2.20. The van der Waals surface area contributed by atoms with E-state index in [1.54, 1.807) is 6.20 Å². The van der Waals surface area contributed by atoms with Gasteiger partial charge in [0.2, 0.25) is 0 Å². The van der Waals surface area contributed by atoms with Crippen molar-refractivity contribution in [2.75, 3.05) is 6.61 Å². The Hall–Kier alpha value is -0.930. The van der Waals surface area contributed by atoms with E-state index in [2.05, 4.69) is 24.1 Å². The quantitative estimate of drug-likeness (QED) is 0.770. The lowest BCUT2D eigenvalue weighted by molar-refractivity contribution is 0.209. The van der Waals surface area contributed by atoms with Crippen molar-refractivity contribution in [1.29, 1.82) is 0 Å². The molecule has 0 radical (unpaired) electrons. The van der Waals surface area contributed by atoms with E-state index >= 15 is 0 Å². The number of hydrogen-bond donors (Lipinski definition) is 2. The molecule has 3 nitrogen and oxygen atoms in total. The SMILES string of the molecule is Cc1cccnc1CN[C@H](CO)C(C)C. The Bertz CT molecular complexity index is 299. The zero-order valence-corrected chi connectivity index (χ0v) is 9.70. The molecule has 2 N–H and O–H groups in total. The van der Waals surface area contributed by atoms with Crippen molar-refractivity contribution in [3.05, 3.63) is 29.6 Å². The number of pyridine rings is 1. The van der Waals surface area contributed by atoms with Crippen LogP contribution in [0, 0.1) is 12.8 Å². The molecule has 0 aromatic carbocycles. The van der Waals surface area contributed by atoms with Crippen LogP contribution in [-0.2, 0) is 6.54 Å². The van der Waals surface area contributed by atoms with E-state index in [1.165, 1.54) is 5.56 Å². The molecule has 1 rings (SSSR count). The number of hydrogen-bond acceptors (Lipinski definition) is 3. The van der Waals surface area contributed by atoms with Crippen molar-refractivity contribution >= 4 is 0 Å². The molecular formula is C12H20N2O. The number of aromatic nitrogens is 1. The largest absolute Gasteiger partial charge is 0.395 e. The number of nitrogens with one attached hydrogen (secondary N) is 1. The maximum absolute atomic E-state index is 9.16. The van der Waals surface area contributed by atoms with Crippen LogP contribution in [0.3, 0.4) is 0 Å². The predicted molar refractivity (Wildman–Crippen MR) is 61.5 cm³/mol. The number of aliphatic hydroxyl groups excluding tert-OH is 1. The fraction of sp³-hybridized carbons (Fsp3) is 0.583. The van der Waals surface area contributed by atoms with Crippen molar-refractivity contribution in [3.8, 4) is 0 Å². The molecule has 0 saturated heterocycles. The fourth-order valence-electron chi connectivity index (χ4n) is 1.44. The second-order valence-electron chi connectivity index (χ2n) is 4.18. The Morgan fingerprint density at radius 3 is 2.73 bits per heavy atom. The summed E-state index contributed by atoms with van der Waals surface area (Å²) in [4.78, 5) is 4.30. The van der Waals surface area contributed by atoms with Crippen molar-refractivity contribution in [1.82, 2.24) is 10.3 Å². The molecule has 0 unspecified atom stereocenters. The fourth-order valence-corrected chi connectivity index (χ4v) is 1.44. The van der Waals surface area contributed by atoms with Crippen molar-refractivity contribution in [2.24, 2.45) is 5.92 Å². The average molecular weight is 208 g/mol. The summed E-state index contributed by atoms with van der Waals surface area (Å²) in [6.45, 7) is 7.13. The monoisotopic (exact) mass is 208 g/mol. The van der Waals surface area contributed by atoms with Crippen LogP contribution in [0.1, 0.15) is 25.1 Å². The molecular weight excluding hydrogens is 188 g/mol. The summed E-state index contributed by atoms with van der Waals surface area (Å²) in [7, 11) is 0. The minimum atomic E-state index is 0.145. The van der Waals surface area contributed by atoms with Crippen LogP contribution in [0.4, 0.5) is 0 Å². The van der Waals surface area contributed by atoms with Gasteiger partial charge in [-0.3, -0.25) is 4.98 Å². The minimum absolute atomic E-state index is 0.145.